The van der Waals surface area contributed by atoms with E-state index in [0.29, 0.717) is 17.1 Å². The van der Waals surface area contributed by atoms with Gasteiger partial charge < -0.3 is 20.5 Å². The van der Waals surface area contributed by atoms with Gasteiger partial charge >= 0.3 is 0 Å². The van der Waals surface area contributed by atoms with Gasteiger partial charge in [0.1, 0.15) is 13.6 Å². The van der Waals surface area contributed by atoms with E-state index in [1.54, 1.807) is 7.11 Å². The minimum atomic E-state index is -0.650. The molecule has 1 saturated heterocycles. The Labute approximate surface area is 172 Å². The fraction of sp³-hybridized carbons (Fsp3) is 0.739. The molecule has 1 aliphatic heterocycles. The third-order valence-electron chi connectivity index (χ3n) is 7.10. The van der Waals surface area contributed by atoms with E-state index in [-0.39, 0.29) is 11.5 Å². The molecular weight excluding hydrogens is 347 g/mol. The van der Waals surface area contributed by atoms with Crippen molar-refractivity contribution in [1.29, 1.82) is 0 Å². The Hall–Kier alpha value is -1.04. The molecule has 1 aliphatic carbocycles. The number of benzene rings is 1. The van der Waals surface area contributed by atoms with Gasteiger partial charge in [-0.1, -0.05) is 36.9 Å². The molecule has 0 amide bonds. The van der Waals surface area contributed by atoms with Crippen LogP contribution in [0.15, 0.2) is 18.2 Å². The van der Waals surface area contributed by atoms with Crippen molar-refractivity contribution in [3.63, 3.8) is 0 Å². The molecule has 1 aromatic rings. The Balaban J connectivity index is 1.79. The zero-order valence-corrected chi connectivity index (χ0v) is 17.9. The van der Waals surface area contributed by atoms with E-state index in [2.05, 4.69) is 24.8 Å². The first-order chi connectivity index (χ1) is 13.2. The quantitative estimate of drug-likeness (QED) is 0.741. The van der Waals surface area contributed by atoms with E-state index < -0.39 is 5.60 Å². The molecule has 1 unspecified atom stereocenters. The molecule has 1 saturated carbocycles. The summed E-state index contributed by atoms with van der Waals surface area (Å²) in [5.74, 6) is 1.34. The molecular formula is C23H37BN2O2. The zero-order valence-electron chi connectivity index (χ0n) is 17.9. The van der Waals surface area contributed by atoms with Crippen LogP contribution in [0, 0.1) is 5.92 Å². The highest BCUT2D eigenvalue weighted by atomic mass is 16.5. The highest BCUT2D eigenvalue weighted by Crippen LogP contribution is 2.41. The van der Waals surface area contributed by atoms with Gasteiger partial charge in [0.05, 0.1) is 12.7 Å². The summed E-state index contributed by atoms with van der Waals surface area (Å²) in [6.45, 7) is 7.25. The lowest BCUT2D eigenvalue weighted by Crippen LogP contribution is -2.50. The van der Waals surface area contributed by atoms with Gasteiger partial charge in [-0.25, -0.2) is 0 Å². The fourth-order valence-electron chi connectivity index (χ4n) is 5.19. The Morgan fingerprint density at radius 3 is 2.43 bits per heavy atom. The first-order valence-electron chi connectivity index (χ1n) is 10.9. The predicted molar refractivity (Wildman–Crippen MR) is 117 cm³/mol. The van der Waals surface area contributed by atoms with Crippen LogP contribution >= 0.6 is 0 Å². The lowest BCUT2D eigenvalue weighted by molar-refractivity contribution is -0.0339. The third kappa shape index (κ3) is 4.92. The molecule has 2 radical (unpaired) electrons. The molecule has 2 aliphatic rings. The van der Waals surface area contributed by atoms with Crippen LogP contribution in [0.25, 0.3) is 0 Å². The van der Waals surface area contributed by atoms with Gasteiger partial charge in [-0.2, -0.15) is 0 Å². The number of hydrogen-bond donors (Lipinski definition) is 2. The summed E-state index contributed by atoms with van der Waals surface area (Å²) in [7, 11) is 7.85. The van der Waals surface area contributed by atoms with Crippen LogP contribution in [-0.4, -0.2) is 55.7 Å². The number of rotatable bonds is 6. The molecule has 5 heteroatoms. The first-order valence-corrected chi connectivity index (χ1v) is 10.9. The average molecular weight is 384 g/mol. The summed E-state index contributed by atoms with van der Waals surface area (Å²) in [5, 5.41) is 11.6. The second-order valence-corrected chi connectivity index (χ2v) is 9.61. The van der Waals surface area contributed by atoms with E-state index in [1.807, 2.05) is 12.1 Å². The monoisotopic (exact) mass is 384 g/mol. The highest BCUT2D eigenvalue weighted by Gasteiger charge is 2.40. The predicted octanol–water partition coefficient (Wildman–Crippen LogP) is 2.72. The highest BCUT2D eigenvalue weighted by molar-refractivity contribution is 6.34. The van der Waals surface area contributed by atoms with Crippen molar-refractivity contribution in [2.75, 3.05) is 26.7 Å². The van der Waals surface area contributed by atoms with E-state index in [1.165, 1.54) is 6.42 Å². The van der Waals surface area contributed by atoms with Crippen LogP contribution in [0.1, 0.15) is 70.3 Å². The maximum absolute atomic E-state index is 11.6. The van der Waals surface area contributed by atoms with Crippen molar-refractivity contribution < 1.29 is 9.84 Å². The summed E-state index contributed by atoms with van der Waals surface area (Å²) in [5.41, 5.74) is 7.36. The molecule has 3 N–H and O–H groups in total. The molecule has 28 heavy (non-hydrogen) atoms. The lowest BCUT2D eigenvalue weighted by atomic mass is 9.71. The number of hydrogen-bond acceptors (Lipinski definition) is 4. The normalized spacial score (nSPS) is 22.8. The first kappa shape index (κ1) is 21.7. The minimum absolute atomic E-state index is 0.0726. The number of methoxy groups -OCH3 is 1. The maximum atomic E-state index is 11.6. The van der Waals surface area contributed by atoms with Crippen LogP contribution in [0.3, 0.4) is 0 Å². The zero-order chi connectivity index (χ0) is 20.4. The average Bonchev–Trinajstić information content (AvgIpc) is 2.66. The van der Waals surface area contributed by atoms with Crippen molar-refractivity contribution in [3.05, 3.63) is 23.8 Å². The van der Waals surface area contributed by atoms with Crippen molar-refractivity contribution in [3.8, 4) is 5.75 Å². The van der Waals surface area contributed by atoms with Gasteiger partial charge in [-0.05, 0) is 70.2 Å². The molecule has 1 heterocycles. The van der Waals surface area contributed by atoms with Crippen molar-refractivity contribution in [2.45, 2.75) is 75.9 Å². The molecule has 1 atom stereocenters. The number of piperidine rings is 1. The van der Waals surface area contributed by atoms with Gasteiger partial charge in [0, 0.05) is 18.0 Å². The SMILES string of the molecule is [B]c1cc(C(CN2CCC(C(C)(C)N)CC2)C2(O)CCCCC2)ccc1OC. The number of nitrogens with zero attached hydrogens (tertiary/aromatic N) is 1. The van der Waals surface area contributed by atoms with Crippen molar-refractivity contribution in [2.24, 2.45) is 11.7 Å². The van der Waals surface area contributed by atoms with Crippen molar-refractivity contribution >= 4 is 13.3 Å². The number of likely N-dealkylation sites (tertiary alicyclic amines) is 1. The van der Waals surface area contributed by atoms with E-state index in [9.17, 15) is 5.11 Å². The largest absolute Gasteiger partial charge is 0.497 e. The number of nitrogens with two attached hydrogens (primary N) is 1. The van der Waals surface area contributed by atoms with Gasteiger partial charge in [0.2, 0.25) is 0 Å². The van der Waals surface area contributed by atoms with Crippen LogP contribution in [0.2, 0.25) is 0 Å². The molecule has 4 nitrogen and oxygen atoms in total. The number of ether oxygens (including phenoxy) is 1. The molecule has 0 spiro atoms. The molecule has 154 valence electrons. The van der Waals surface area contributed by atoms with Crippen LogP contribution in [0.5, 0.6) is 5.75 Å². The van der Waals surface area contributed by atoms with E-state index >= 15 is 0 Å². The molecule has 2 fully saturated rings. The lowest BCUT2D eigenvalue weighted by Gasteiger charge is -2.44. The smallest absolute Gasteiger partial charge is 0.119 e. The summed E-state index contributed by atoms with van der Waals surface area (Å²) >= 11 is 0. The summed E-state index contributed by atoms with van der Waals surface area (Å²) in [6, 6.07) is 6.03. The topological polar surface area (TPSA) is 58.7 Å². The van der Waals surface area contributed by atoms with E-state index in [0.717, 1.165) is 63.7 Å². The second kappa shape index (κ2) is 8.77. The van der Waals surface area contributed by atoms with Gasteiger partial charge in [0.25, 0.3) is 0 Å². The minimum Gasteiger partial charge on any atom is -0.497 e. The molecule has 1 aromatic carbocycles. The number of aliphatic hydroxyl groups is 1. The third-order valence-corrected chi connectivity index (χ3v) is 7.10. The summed E-state index contributed by atoms with van der Waals surface area (Å²) in [4.78, 5) is 2.51. The van der Waals surface area contributed by atoms with Crippen LogP contribution in [-0.2, 0) is 0 Å². The molecule has 0 aromatic heterocycles. The summed E-state index contributed by atoms with van der Waals surface area (Å²) in [6.07, 6.45) is 7.41. The Morgan fingerprint density at radius 2 is 1.89 bits per heavy atom. The van der Waals surface area contributed by atoms with Gasteiger partial charge in [-0.15, -0.1) is 0 Å². The van der Waals surface area contributed by atoms with Crippen LogP contribution < -0.4 is 15.9 Å². The van der Waals surface area contributed by atoms with Crippen molar-refractivity contribution in [1.82, 2.24) is 4.90 Å². The fourth-order valence-corrected chi connectivity index (χ4v) is 5.19. The second-order valence-electron chi connectivity index (χ2n) is 9.61. The Bertz CT molecular complexity index is 644. The van der Waals surface area contributed by atoms with Gasteiger partial charge in [0.15, 0.2) is 0 Å². The molecule has 0 bridgehead atoms. The Kier molecular flexibility index (Phi) is 6.78. The standard InChI is InChI=1S/C23H37BN2O2/c1-22(2,25)18-9-13-26(14-10-18)16-19(23(27)11-5-4-6-12-23)17-7-8-21(28-3)20(24)15-17/h7-8,15,18-19,27H,4-6,9-14,16,25H2,1-3H3. The molecule has 3 rings (SSSR count). The maximum Gasteiger partial charge on any atom is 0.119 e. The summed E-state index contributed by atoms with van der Waals surface area (Å²) < 4.78 is 5.33. The Morgan fingerprint density at radius 1 is 1.25 bits per heavy atom. The van der Waals surface area contributed by atoms with E-state index in [4.69, 9.17) is 18.3 Å². The van der Waals surface area contributed by atoms with Gasteiger partial charge in [-0.3, -0.25) is 0 Å². The van der Waals surface area contributed by atoms with Crippen LogP contribution in [0.4, 0.5) is 0 Å².